The monoisotopic (exact) mass is 221 g/mol. The quantitative estimate of drug-likeness (QED) is 0.821. The first-order valence-corrected chi connectivity index (χ1v) is 5.70. The molecule has 88 valence electrons. The second-order valence-electron chi connectivity index (χ2n) is 4.25. The Morgan fingerprint density at radius 2 is 2.31 bits per heavy atom. The van der Waals surface area contributed by atoms with E-state index in [1.54, 1.807) is 0 Å². The fourth-order valence-electron chi connectivity index (χ4n) is 2.25. The lowest BCUT2D eigenvalue weighted by Gasteiger charge is -2.25. The summed E-state index contributed by atoms with van der Waals surface area (Å²) in [5, 5.41) is 4.37. The third-order valence-electron chi connectivity index (χ3n) is 2.97. The van der Waals surface area contributed by atoms with E-state index in [2.05, 4.69) is 28.1 Å². The summed E-state index contributed by atoms with van der Waals surface area (Å²) >= 11 is 0. The molecule has 1 aromatic heterocycles. The van der Waals surface area contributed by atoms with Crippen molar-refractivity contribution in [2.24, 2.45) is 17.8 Å². The average molecular weight is 221 g/mol. The molecule has 1 atom stereocenters. The molecule has 0 amide bonds. The molecule has 0 spiro atoms. The summed E-state index contributed by atoms with van der Waals surface area (Å²) in [5.74, 6) is 0.662. The zero-order valence-corrected chi connectivity index (χ0v) is 10.1. The van der Waals surface area contributed by atoms with Gasteiger partial charge in [-0.15, -0.1) is 0 Å². The van der Waals surface area contributed by atoms with Gasteiger partial charge in [0.25, 0.3) is 0 Å². The van der Waals surface area contributed by atoms with E-state index < -0.39 is 0 Å². The summed E-state index contributed by atoms with van der Waals surface area (Å²) in [6, 6.07) is 0.272. The molecule has 1 aliphatic heterocycles. The number of hydrogen-bond acceptors (Lipinski definition) is 4. The zero-order valence-electron chi connectivity index (χ0n) is 10.1. The predicted molar refractivity (Wildman–Crippen MR) is 64.2 cm³/mol. The largest absolute Gasteiger partial charge is 0.370 e. The van der Waals surface area contributed by atoms with Crippen LogP contribution in [0.1, 0.15) is 30.6 Å². The molecule has 1 unspecified atom stereocenters. The second kappa shape index (κ2) is 4.15. The minimum atomic E-state index is 0.272. The highest BCUT2D eigenvalue weighted by Crippen LogP contribution is 2.27. The Morgan fingerprint density at radius 1 is 1.56 bits per heavy atom. The van der Waals surface area contributed by atoms with Gasteiger partial charge in [0, 0.05) is 25.4 Å². The Kier molecular flexibility index (Phi) is 2.85. The Balaban J connectivity index is 2.25. The van der Waals surface area contributed by atoms with Gasteiger partial charge in [0.05, 0.1) is 18.3 Å². The van der Waals surface area contributed by atoms with Crippen LogP contribution in [-0.4, -0.2) is 33.7 Å². The van der Waals surface area contributed by atoms with E-state index in [4.69, 9.17) is 5.73 Å². The topological polar surface area (TPSA) is 59.4 Å². The molecular formula is C11H19N5. The van der Waals surface area contributed by atoms with Gasteiger partial charge in [0.1, 0.15) is 0 Å². The molecule has 0 bridgehead atoms. The van der Waals surface area contributed by atoms with Crippen molar-refractivity contribution in [3.8, 4) is 0 Å². The number of aromatic nitrogens is 2. The molecule has 16 heavy (non-hydrogen) atoms. The Labute approximate surface area is 95.9 Å². The summed E-state index contributed by atoms with van der Waals surface area (Å²) in [6.07, 6.45) is 3.14. The normalized spacial score (nSPS) is 20.3. The maximum Gasteiger partial charge on any atom is 0.191 e. The standard InChI is InChI=1S/C11H19N5/c1-4-5-16-10(6-13-11(16)12)9-7-15(3)14-8(9)2/h7,10H,4-6H2,1-3H3,(H2,12,13). The van der Waals surface area contributed by atoms with E-state index in [9.17, 15) is 0 Å². The van der Waals surface area contributed by atoms with Gasteiger partial charge in [-0.1, -0.05) is 6.92 Å². The van der Waals surface area contributed by atoms with Gasteiger partial charge in [-0.05, 0) is 13.3 Å². The van der Waals surface area contributed by atoms with E-state index in [0.717, 1.165) is 25.2 Å². The lowest BCUT2D eigenvalue weighted by atomic mass is 10.1. The first-order valence-electron chi connectivity index (χ1n) is 5.70. The van der Waals surface area contributed by atoms with Crippen molar-refractivity contribution in [3.63, 3.8) is 0 Å². The average Bonchev–Trinajstić information content (AvgIpc) is 2.73. The second-order valence-corrected chi connectivity index (χ2v) is 4.25. The first kappa shape index (κ1) is 11.0. The molecule has 0 radical (unpaired) electrons. The van der Waals surface area contributed by atoms with Gasteiger partial charge < -0.3 is 10.6 Å². The Morgan fingerprint density at radius 3 is 2.88 bits per heavy atom. The van der Waals surface area contributed by atoms with Crippen LogP contribution >= 0.6 is 0 Å². The van der Waals surface area contributed by atoms with Crippen molar-refractivity contribution in [2.45, 2.75) is 26.3 Å². The number of nitrogens with zero attached hydrogens (tertiary/aromatic N) is 4. The number of rotatable bonds is 3. The lowest BCUT2D eigenvalue weighted by molar-refractivity contribution is 0.346. The number of aryl methyl sites for hydroxylation is 2. The smallest absolute Gasteiger partial charge is 0.191 e. The summed E-state index contributed by atoms with van der Waals surface area (Å²) in [5.41, 5.74) is 8.20. The molecule has 2 rings (SSSR count). The highest BCUT2D eigenvalue weighted by Gasteiger charge is 2.28. The van der Waals surface area contributed by atoms with Crippen molar-refractivity contribution < 1.29 is 0 Å². The number of guanidine groups is 1. The number of hydrogen-bond donors (Lipinski definition) is 1. The van der Waals surface area contributed by atoms with Gasteiger partial charge >= 0.3 is 0 Å². The molecular weight excluding hydrogens is 202 g/mol. The number of aliphatic imine (C=N–C) groups is 1. The third kappa shape index (κ3) is 1.77. The molecule has 2 N–H and O–H groups in total. The van der Waals surface area contributed by atoms with Gasteiger partial charge in [-0.25, -0.2) is 0 Å². The van der Waals surface area contributed by atoms with Crippen LogP contribution in [0.25, 0.3) is 0 Å². The van der Waals surface area contributed by atoms with Crippen LogP contribution < -0.4 is 5.73 Å². The van der Waals surface area contributed by atoms with E-state index in [1.165, 1.54) is 5.56 Å². The van der Waals surface area contributed by atoms with Crippen molar-refractivity contribution >= 4 is 5.96 Å². The highest BCUT2D eigenvalue weighted by molar-refractivity contribution is 5.80. The zero-order chi connectivity index (χ0) is 11.7. The minimum Gasteiger partial charge on any atom is -0.370 e. The number of nitrogens with two attached hydrogens (primary N) is 1. The summed E-state index contributed by atoms with van der Waals surface area (Å²) in [7, 11) is 1.94. The van der Waals surface area contributed by atoms with Gasteiger partial charge in [-0.2, -0.15) is 5.10 Å². The molecule has 0 aliphatic carbocycles. The van der Waals surface area contributed by atoms with Crippen molar-refractivity contribution in [2.75, 3.05) is 13.1 Å². The summed E-state index contributed by atoms with van der Waals surface area (Å²) < 4.78 is 1.85. The molecule has 1 aromatic rings. The summed E-state index contributed by atoms with van der Waals surface area (Å²) in [6.45, 7) is 5.89. The lowest BCUT2D eigenvalue weighted by Crippen LogP contribution is -2.36. The Bertz CT molecular complexity index is 407. The van der Waals surface area contributed by atoms with E-state index >= 15 is 0 Å². The van der Waals surface area contributed by atoms with Crippen LogP contribution in [0.4, 0.5) is 0 Å². The van der Waals surface area contributed by atoms with Crippen LogP contribution in [0.3, 0.4) is 0 Å². The van der Waals surface area contributed by atoms with Gasteiger partial charge in [-0.3, -0.25) is 9.67 Å². The predicted octanol–water partition coefficient (Wildman–Crippen LogP) is 0.810. The molecule has 2 heterocycles. The Hall–Kier alpha value is -1.52. The van der Waals surface area contributed by atoms with Gasteiger partial charge in [0.15, 0.2) is 5.96 Å². The molecule has 0 saturated carbocycles. The molecule has 0 saturated heterocycles. The van der Waals surface area contributed by atoms with Crippen LogP contribution in [0.5, 0.6) is 0 Å². The molecule has 5 heteroatoms. The SMILES string of the molecule is CCCN1C(N)=NCC1c1cn(C)nc1C. The van der Waals surface area contributed by atoms with Crippen molar-refractivity contribution in [3.05, 3.63) is 17.5 Å². The van der Waals surface area contributed by atoms with Crippen LogP contribution in [0.15, 0.2) is 11.2 Å². The van der Waals surface area contributed by atoms with Crippen LogP contribution in [0.2, 0.25) is 0 Å². The molecule has 0 aromatic carbocycles. The molecule has 5 nitrogen and oxygen atoms in total. The summed E-state index contributed by atoms with van der Waals surface area (Å²) in [4.78, 5) is 6.50. The minimum absolute atomic E-state index is 0.272. The third-order valence-corrected chi connectivity index (χ3v) is 2.97. The first-order chi connectivity index (χ1) is 7.63. The maximum absolute atomic E-state index is 5.90. The molecule has 1 aliphatic rings. The fraction of sp³-hybridized carbons (Fsp3) is 0.636. The van der Waals surface area contributed by atoms with Gasteiger partial charge in [0.2, 0.25) is 0 Å². The van der Waals surface area contributed by atoms with Crippen LogP contribution in [0, 0.1) is 6.92 Å². The van der Waals surface area contributed by atoms with Crippen molar-refractivity contribution in [1.29, 1.82) is 0 Å². The van der Waals surface area contributed by atoms with E-state index in [0.29, 0.717) is 5.96 Å². The maximum atomic E-state index is 5.90. The van der Waals surface area contributed by atoms with E-state index in [1.807, 2.05) is 18.7 Å². The van der Waals surface area contributed by atoms with Crippen LogP contribution in [-0.2, 0) is 7.05 Å². The van der Waals surface area contributed by atoms with E-state index in [-0.39, 0.29) is 6.04 Å². The fourth-order valence-corrected chi connectivity index (χ4v) is 2.25. The molecule has 0 fully saturated rings. The highest BCUT2D eigenvalue weighted by atomic mass is 15.3. The van der Waals surface area contributed by atoms with Crippen molar-refractivity contribution in [1.82, 2.24) is 14.7 Å².